The van der Waals surface area contributed by atoms with Crippen LogP contribution in [0.5, 0.6) is 17.2 Å². The lowest BCUT2D eigenvalue weighted by Gasteiger charge is -2.12. The van der Waals surface area contributed by atoms with E-state index in [-0.39, 0.29) is 11.3 Å². The lowest BCUT2D eigenvalue weighted by Crippen LogP contribution is -2.05. The van der Waals surface area contributed by atoms with E-state index in [0.717, 1.165) is 18.2 Å². The third-order valence-corrected chi connectivity index (χ3v) is 2.72. The van der Waals surface area contributed by atoms with Crippen LogP contribution in [0.4, 0.5) is 13.2 Å². The first-order valence-corrected chi connectivity index (χ1v) is 5.88. The summed E-state index contributed by atoms with van der Waals surface area (Å²) in [6, 6.07) is 11.1. The molecule has 0 bridgehead atoms. The number of para-hydroxylation sites is 2. The number of alkyl halides is 3. The molecule has 3 nitrogen and oxygen atoms in total. The molecule has 0 aliphatic rings. The van der Waals surface area contributed by atoms with Gasteiger partial charge >= 0.3 is 6.18 Å². The quantitative estimate of drug-likeness (QED) is 0.843. The SMILES string of the molecule is COc1ccccc1Oc1ccc(C(F)(F)F)cc1C#N. The Morgan fingerprint density at radius 2 is 1.67 bits per heavy atom. The Bertz CT molecular complexity index is 690. The van der Waals surface area contributed by atoms with Crippen molar-refractivity contribution < 1.29 is 22.6 Å². The summed E-state index contributed by atoms with van der Waals surface area (Å²) in [4.78, 5) is 0. The maximum absolute atomic E-state index is 12.6. The van der Waals surface area contributed by atoms with Gasteiger partial charge in [-0.05, 0) is 30.3 Å². The highest BCUT2D eigenvalue weighted by molar-refractivity contribution is 5.50. The smallest absolute Gasteiger partial charge is 0.416 e. The molecule has 0 heterocycles. The molecule has 0 aliphatic carbocycles. The van der Waals surface area contributed by atoms with Gasteiger partial charge in [0, 0.05) is 0 Å². The van der Waals surface area contributed by atoms with Crippen molar-refractivity contribution in [3.8, 4) is 23.3 Å². The molecule has 21 heavy (non-hydrogen) atoms. The monoisotopic (exact) mass is 293 g/mol. The van der Waals surface area contributed by atoms with Crippen molar-refractivity contribution in [3.63, 3.8) is 0 Å². The highest BCUT2D eigenvalue weighted by atomic mass is 19.4. The van der Waals surface area contributed by atoms with Gasteiger partial charge in [0.2, 0.25) is 0 Å². The van der Waals surface area contributed by atoms with E-state index >= 15 is 0 Å². The summed E-state index contributed by atoms with van der Waals surface area (Å²) in [7, 11) is 1.44. The molecule has 0 aliphatic heterocycles. The van der Waals surface area contributed by atoms with Crippen molar-refractivity contribution in [2.75, 3.05) is 7.11 Å². The van der Waals surface area contributed by atoms with Crippen LogP contribution in [0.3, 0.4) is 0 Å². The van der Waals surface area contributed by atoms with Crippen LogP contribution in [0.2, 0.25) is 0 Å². The van der Waals surface area contributed by atoms with Gasteiger partial charge in [-0.3, -0.25) is 0 Å². The Hall–Kier alpha value is -2.68. The first-order valence-electron chi connectivity index (χ1n) is 5.88. The van der Waals surface area contributed by atoms with Crippen LogP contribution in [-0.2, 0) is 6.18 Å². The number of hydrogen-bond donors (Lipinski definition) is 0. The van der Waals surface area contributed by atoms with Crippen LogP contribution < -0.4 is 9.47 Å². The fourth-order valence-electron chi connectivity index (χ4n) is 1.70. The van der Waals surface area contributed by atoms with Crippen molar-refractivity contribution >= 4 is 0 Å². The van der Waals surface area contributed by atoms with Crippen molar-refractivity contribution in [2.45, 2.75) is 6.18 Å². The van der Waals surface area contributed by atoms with E-state index in [1.54, 1.807) is 30.3 Å². The van der Waals surface area contributed by atoms with Crippen LogP contribution in [0.25, 0.3) is 0 Å². The van der Waals surface area contributed by atoms with E-state index in [1.165, 1.54) is 7.11 Å². The van der Waals surface area contributed by atoms with Crippen LogP contribution in [-0.4, -0.2) is 7.11 Å². The first kappa shape index (κ1) is 14.7. The Kier molecular flexibility index (Phi) is 4.03. The van der Waals surface area contributed by atoms with Crippen molar-refractivity contribution in [3.05, 3.63) is 53.6 Å². The van der Waals surface area contributed by atoms with E-state index in [9.17, 15) is 13.2 Å². The van der Waals surface area contributed by atoms with Crippen LogP contribution >= 0.6 is 0 Å². The molecule has 0 unspecified atom stereocenters. The molecule has 2 rings (SSSR count). The standard InChI is InChI=1S/C15H10F3NO2/c1-20-13-4-2-3-5-14(13)21-12-7-6-11(15(16,17)18)8-10(12)9-19/h2-8H,1H3. The van der Waals surface area contributed by atoms with Crippen LogP contribution in [0, 0.1) is 11.3 Å². The van der Waals surface area contributed by atoms with Crippen molar-refractivity contribution in [1.82, 2.24) is 0 Å². The third kappa shape index (κ3) is 3.26. The highest BCUT2D eigenvalue weighted by Gasteiger charge is 2.31. The second kappa shape index (κ2) is 5.75. The number of hydrogen-bond acceptors (Lipinski definition) is 3. The predicted molar refractivity (Wildman–Crippen MR) is 69.2 cm³/mol. The normalized spacial score (nSPS) is 10.8. The fraction of sp³-hybridized carbons (Fsp3) is 0.133. The Balaban J connectivity index is 2.39. The van der Waals surface area contributed by atoms with Gasteiger partial charge in [0.25, 0.3) is 0 Å². The lowest BCUT2D eigenvalue weighted by molar-refractivity contribution is -0.137. The molecule has 0 amide bonds. The second-order valence-electron chi connectivity index (χ2n) is 4.07. The number of nitriles is 1. The van der Waals surface area contributed by atoms with E-state index in [2.05, 4.69) is 0 Å². The summed E-state index contributed by atoms with van der Waals surface area (Å²) >= 11 is 0. The number of benzene rings is 2. The molecule has 0 N–H and O–H groups in total. The molecule has 0 radical (unpaired) electrons. The first-order chi connectivity index (χ1) is 9.95. The Labute approximate surface area is 119 Å². The Morgan fingerprint density at radius 3 is 2.24 bits per heavy atom. The number of methoxy groups -OCH3 is 1. The zero-order valence-electron chi connectivity index (χ0n) is 10.9. The molecule has 108 valence electrons. The number of halogens is 3. The van der Waals surface area contributed by atoms with Gasteiger partial charge < -0.3 is 9.47 Å². The number of rotatable bonds is 3. The molecule has 6 heteroatoms. The van der Waals surface area contributed by atoms with Crippen molar-refractivity contribution in [1.29, 1.82) is 5.26 Å². The van der Waals surface area contributed by atoms with Gasteiger partial charge in [0.15, 0.2) is 11.5 Å². The molecule has 0 fully saturated rings. The topological polar surface area (TPSA) is 42.2 Å². The predicted octanol–water partition coefficient (Wildman–Crippen LogP) is 4.38. The molecule has 0 spiro atoms. The zero-order chi connectivity index (χ0) is 15.5. The minimum atomic E-state index is -4.51. The largest absolute Gasteiger partial charge is 0.493 e. The van der Waals surface area contributed by atoms with Gasteiger partial charge in [0.05, 0.1) is 18.2 Å². The average Bonchev–Trinajstić information content (AvgIpc) is 2.47. The minimum absolute atomic E-state index is 0.0370. The van der Waals surface area contributed by atoms with Crippen LogP contribution in [0.15, 0.2) is 42.5 Å². The average molecular weight is 293 g/mol. The summed E-state index contributed by atoms with van der Waals surface area (Å²) in [5.41, 5.74) is -1.10. The van der Waals surface area contributed by atoms with E-state index in [4.69, 9.17) is 14.7 Å². The second-order valence-corrected chi connectivity index (χ2v) is 4.07. The molecular formula is C15H10F3NO2. The number of nitrogens with zero attached hydrogens (tertiary/aromatic N) is 1. The summed E-state index contributed by atoms with van der Waals surface area (Å²) in [5, 5.41) is 8.98. The van der Waals surface area contributed by atoms with Crippen LogP contribution in [0.1, 0.15) is 11.1 Å². The fourth-order valence-corrected chi connectivity index (χ4v) is 1.70. The third-order valence-electron chi connectivity index (χ3n) is 2.72. The van der Waals surface area contributed by atoms with E-state index < -0.39 is 11.7 Å². The van der Waals surface area contributed by atoms with E-state index in [0.29, 0.717) is 11.5 Å². The van der Waals surface area contributed by atoms with Crippen molar-refractivity contribution in [2.24, 2.45) is 0 Å². The molecular weight excluding hydrogens is 283 g/mol. The molecule has 0 atom stereocenters. The summed E-state index contributed by atoms with van der Waals surface area (Å²) in [6.45, 7) is 0. The summed E-state index contributed by atoms with van der Waals surface area (Å²) in [5.74, 6) is 0.771. The number of ether oxygens (including phenoxy) is 2. The molecule has 2 aromatic rings. The van der Waals surface area contributed by atoms with Gasteiger partial charge in [-0.15, -0.1) is 0 Å². The van der Waals surface area contributed by atoms with Gasteiger partial charge in [-0.25, -0.2) is 0 Å². The van der Waals surface area contributed by atoms with E-state index in [1.807, 2.05) is 0 Å². The Morgan fingerprint density at radius 1 is 1.00 bits per heavy atom. The zero-order valence-corrected chi connectivity index (χ0v) is 10.9. The maximum Gasteiger partial charge on any atom is 0.416 e. The van der Waals surface area contributed by atoms with Gasteiger partial charge in [-0.2, -0.15) is 18.4 Å². The summed E-state index contributed by atoms with van der Waals surface area (Å²) in [6.07, 6.45) is -4.51. The maximum atomic E-state index is 12.6. The summed E-state index contributed by atoms with van der Waals surface area (Å²) < 4.78 is 48.4. The van der Waals surface area contributed by atoms with Gasteiger partial charge in [0.1, 0.15) is 11.8 Å². The highest BCUT2D eigenvalue weighted by Crippen LogP contribution is 2.36. The molecule has 0 saturated heterocycles. The molecule has 0 saturated carbocycles. The molecule has 0 aromatic heterocycles. The van der Waals surface area contributed by atoms with Gasteiger partial charge in [-0.1, -0.05) is 12.1 Å². The molecule has 2 aromatic carbocycles. The lowest BCUT2D eigenvalue weighted by atomic mass is 10.1. The minimum Gasteiger partial charge on any atom is -0.493 e.